The monoisotopic (exact) mass is 1370 g/mol. The van der Waals surface area contributed by atoms with Gasteiger partial charge in [0.15, 0.2) is 12.4 Å². The summed E-state index contributed by atoms with van der Waals surface area (Å²) in [4.78, 5) is 37.6. The molecule has 99 heavy (non-hydrogen) atoms. The molecule has 2 unspecified atom stereocenters. The summed E-state index contributed by atoms with van der Waals surface area (Å²) in [5.41, 5.74) is 0. The third-order valence-electron chi connectivity index (χ3n) is 17.0. The Morgan fingerprint density at radius 1 is 0.303 bits per heavy atom. The normalized spacial score (nSPS) is 13.6. The van der Waals surface area contributed by atoms with Crippen molar-refractivity contribution >= 4 is 17.9 Å². The molecule has 0 rings (SSSR count). The molecule has 0 amide bonds. The third-order valence-corrected chi connectivity index (χ3v) is 17.0. The van der Waals surface area contributed by atoms with Gasteiger partial charge < -0.3 is 33.3 Å². The molecular formula is C90H149NO8. The van der Waals surface area contributed by atoms with Crippen LogP contribution in [0.3, 0.4) is 0 Å². The molecule has 562 valence electrons. The van der Waals surface area contributed by atoms with E-state index in [9.17, 15) is 19.5 Å². The summed E-state index contributed by atoms with van der Waals surface area (Å²) in [5.74, 6) is -2.29. The molecule has 0 bridgehead atoms. The van der Waals surface area contributed by atoms with Crippen LogP contribution >= 0.6 is 0 Å². The number of ether oxygens (including phenoxy) is 4. The largest absolute Gasteiger partial charge is 0.545 e. The maximum Gasteiger partial charge on any atom is 0.306 e. The molecule has 0 aromatic carbocycles. The lowest BCUT2D eigenvalue weighted by Gasteiger charge is -2.26. The highest BCUT2D eigenvalue weighted by molar-refractivity contribution is 5.70. The van der Waals surface area contributed by atoms with Crippen LogP contribution in [0.25, 0.3) is 0 Å². The van der Waals surface area contributed by atoms with Gasteiger partial charge in [0.1, 0.15) is 13.2 Å². The van der Waals surface area contributed by atoms with E-state index in [2.05, 4.69) is 184 Å². The molecule has 2 atom stereocenters. The zero-order valence-corrected chi connectivity index (χ0v) is 64.3. The van der Waals surface area contributed by atoms with Crippen molar-refractivity contribution in [1.29, 1.82) is 0 Å². The van der Waals surface area contributed by atoms with E-state index in [0.717, 1.165) is 135 Å². The van der Waals surface area contributed by atoms with E-state index in [1.54, 1.807) is 0 Å². The van der Waals surface area contributed by atoms with E-state index >= 15 is 0 Å². The van der Waals surface area contributed by atoms with Crippen molar-refractivity contribution in [3.63, 3.8) is 0 Å². The van der Waals surface area contributed by atoms with E-state index in [1.165, 1.54) is 154 Å². The van der Waals surface area contributed by atoms with Crippen molar-refractivity contribution < 1.29 is 42.9 Å². The van der Waals surface area contributed by atoms with Crippen LogP contribution in [0.2, 0.25) is 0 Å². The number of nitrogens with zero attached hydrogens (tertiary/aromatic N) is 1. The second kappa shape index (κ2) is 78.4. The van der Waals surface area contributed by atoms with Crippen LogP contribution in [0.1, 0.15) is 322 Å². The van der Waals surface area contributed by atoms with Crippen molar-refractivity contribution in [2.24, 2.45) is 0 Å². The molecule has 9 nitrogen and oxygen atoms in total. The Bertz CT molecular complexity index is 2240. The molecule has 0 N–H and O–H groups in total. The van der Waals surface area contributed by atoms with Gasteiger partial charge in [0.05, 0.1) is 40.3 Å². The van der Waals surface area contributed by atoms with Gasteiger partial charge in [-0.15, -0.1) is 0 Å². The Morgan fingerprint density at radius 3 is 0.808 bits per heavy atom. The number of rotatable bonds is 73. The van der Waals surface area contributed by atoms with Gasteiger partial charge in [0.25, 0.3) is 0 Å². The number of allylic oxidation sites excluding steroid dienone is 28. The molecule has 0 aliphatic carbocycles. The van der Waals surface area contributed by atoms with Crippen molar-refractivity contribution in [1.82, 2.24) is 0 Å². The molecule has 0 spiro atoms. The molecule has 0 saturated heterocycles. The van der Waals surface area contributed by atoms with Crippen LogP contribution in [0.15, 0.2) is 170 Å². The average Bonchev–Trinajstić information content (AvgIpc) is 1.14. The zero-order chi connectivity index (χ0) is 71.8. The predicted octanol–water partition coefficient (Wildman–Crippen LogP) is 24.8. The van der Waals surface area contributed by atoms with Crippen molar-refractivity contribution in [3.8, 4) is 0 Å². The summed E-state index contributed by atoms with van der Waals surface area (Å²) in [6.07, 6.45) is 115. The number of carbonyl (C=O) groups excluding carboxylic acids is 3. The van der Waals surface area contributed by atoms with E-state index in [1.807, 2.05) is 21.1 Å². The first-order valence-electron chi connectivity index (χ1n) is 40.3. The van der Waals surface area contributed by atoms with Crippen LogP contribution in [0.5, 0.6) is 0 Å². The molecule has 0 aromatic rings. The number of hydrogen-bond acceptors (Lipinski definition) is 8. The lowest BCUT2D eigenvalue weighted by Crippen LogP contribution is -2.44. The first-order valence-corrected chi connectivity index (χ1v) is 40.3. The average molecular weight is 1370 g/mol. The number of likely N-dealkylation sites (N-methyl/N-ethyl adjacent to an activating group) is 1. The molecule has 0 fully saturated rings. The van der Waals surface area contributed by atoms with Crippen molar-refractivity contribution in [2.45, 2.75) is 334 Å². The predicted molar refractivity (Wildman–Crippen MR) is 425 cm³/mol. The highest BCUT2D eigenvalue weighted by atomic mass is 16.7. The molecule has 9 heteroatoms. The van der Waals surface area contributed by atoms with Crippen molar-refractivity contribution in [3.05, 3.63) is 170 Å². The molecule has 0 radical (unpaired) electrons. The Hall–Kier alpha value is -5.35. The third kappa shape index (κ3) is 79.8. The minimum atomic E-state index is -1.63. The molecule has 0 aromatic heterocycles. The van der Waals surface area contributed by atoms with Crippen LogP contribution in [-0.2, 0) is 33.3 Å². The van der Waals surface area contributed by atoms with Crippen molar-refractivity contribution in [2.75, 3.05) is 47.5 Å². The standard InChI is InChI=1S/C90H149NO8/c1-6-8-10-12-14-16-18-20-22-24-26-28-30-32-34-36-38-40-42-43-44-45-47-49-51-53-55-57-59-61-63-65-67-69-71-73-75-77-79-81-88(93)99-86(85-98-90(89(94)95)96-83-82-91(3,4)5)84-97-87(92)80-78-76-74-72-70-68-66-64-62-60-58-56-54-52-50-48-46-41-39-37-35-33-31-29-27-25-23-21-19-17-15-13-11-9-7-2/h8-11,14-17,20-23,26-29,32-35,38,40,43-44,47,49,53,55,86,90H,6-7,12-13,18-19,24-25,30-31,36-37,39,41-42,45-46,48,50-52,54,56-85H2,1-5H3/b10-8-,11-9-,16-14-,17-15-,22-20-,23-21-,28-26-,29-27-,34-32-,35-33-,40-38-,44-43-,49-47-,55-53-. The summed E-state index contributed by atoms with van der Waals surface area (Å²) in [6, 6.07) is 0. The first-order chi connectivity index (χ1) is 48.6. The van der Waals surface area contributed by atoms with Crippen LogP contribution < -0.4 is 5.11 Å². The van der Waals surface area contributed by atoms with E-state index < -0.39 is 24.3 Å². The number of aliphatic carboxylic acids is 1. The summed E-state index contributed by atoms with van der Waals surface area (Å²) < 4.78 is 22.9. The van der Waals surface area contributed by atoms with Gasteiger partial charge in [0.2, 0.25) is 0 Å². The van der Waals surface area contributed by atoms with Crippen LogP contribution in [-0.4, -0.2) is 82.3 Å². The SMILES string of the molecule is CC/C=C\C/C=C\C/C=C\C/C=C\C/C=C\C/C=C\C/C=C\C/C=C\C/C=C\CCCCCCCCCCCCCC(=O)OC(COC(=O)CCCCCCCCCCCCCCCCCCCCC/C=C\C/C=C\C/C=C\C/C=C\C/C=C\CC)COC(OCC[N+](C)(C)C)C(=O)[O-]. The van der Waals surface area contributed by atoms with Crippen LogP contribution in [0, 0.1) is 0 Å². The summed E-state index contributed by atoms with van der Waals surface area (Å²) in [6.45, 7) is 4.53. The second-order valence-corrected chi connectivity index (χ2v) is 27.6. The Labute approximate surface area is 609 Å². The Morgan fingerprint density at radius 2 is 0.545 bits per heavy atom. The maximum atomic E-state index is 13.0. The number of hydrogen-bond donors (Lipinski definition) is 0. The molecule has 0 aliphatic heterocycles. The first kappa shape index (κ1) is 93.6. The van der Waals surface area contributed by atoms with E-state index in [-0.39, 0.29) is 38.6 Å². The highest BCUT2D eigenvalue weighted by Gasteiger charge is 2.22. The van der Waals surface area contributed by atoms with Gasteiger partial charge in [-0.2, -0.15) is 0 Å². The fraction of sp³-hybridized carbons (Fsp3) is 0.656. The fourth-order valence-electron chi connectivity index (χ4n) is 10.9. The topological polar surface area (TPSA) is 111 Å². The van der Waals surface area contributed by atoms with Gasteiger partial charge in [-0.3, -0.25) is 9.59 Å². The molecule has 0 heterocycles. The Kier molecular flexibility index (Phi) is 74.1. The lowest BCUT2D eigenvalue weighted by atomic mass is 10.0. The number of esters is 2. The zero-order valence-electron chi connectivity index (χ0n) is 64.3. The van der Waals surface area contributed by atoms with Gasteiger partial charge in [-0.1, -0.05) is 351 Å². The van der Waals surface area contributed by atoms with Crippen LogP contribution in [0.4, 0.5) is 0 Å². The molecule has 0 aliphatic rings. The minimum Gasteiger partial charge on any atom is -0.545 e. The minimum absolute atomic E-state index is 0.141. The molecule has 0 saturated carbocycles. The number of quaternary nitrogens is 1. The summed E-state index contributed by atoms with van der Waals surface area (Å²) >= 11 is 0. The smallest absolute Gasteiger partial charge is 0.306 e. The van der Waals surface area contributed by atoms with Gasteiger partial charge in [0, 0.05) is 12.8 Å². The van der Waals surface area contributed by atoms with Gasteiger partial charge in [-0.25, -0.2) is 0 Å². The van der Waals surface area contributed by atoms with Gasteiger partial charge >= 0.3 is 11.9 Å². The number of carbonyl (C=O) groups is 3. The number of carboxylic acid groups (broad SMARTS) is 1. The second-order valence-electron chi connectivity index (χ2n) is 27.6. The highest BCUT2D eigenvalue weighted by Crippen LogP contribution is 2.18. The van der Waals surface area contributed by atoms with E-state index in [4.69, 9.17) is 18.9 Å². The quantitative estimate of drug-likeness (QED) is 0.0195. The fourth-order valence-corrected chi connectivity index (χ4v) is 10.9. The van der Waals surface area contributed by atoms with E-state index in [0.29, 0.717) is 17.4 Å². The van der Waals surface area contributed by atoms with Gasteiger partial charge in [-0.05, 0) is 128 Å². The molecular weight excluding hydrogens is 1220 g/mol. The maximum absolute atomic E-state index is 13.0. The number of carboxylic acids is 1. The lowest BCUT2D eigenvalue weighted by molar-refractivity contribution is -0.870. The summed E-state index contributed by atoms with van der Waals surface area (Å²) in [5, 5.41) is 11.9. The number of unbranched alkanes of at least 4 members (excludes halogenated alkanes) is 30. The Balaban J connectivity index is 4.07. The summed E-state index contributed by atoms with van der Waals surface area (Å²) in [7, 11) is 5.93.